The molecule has 0 aromatic carbocycles. The molecule has 4 heteroatoms. The summed E-state index contributed by atoms with van der Waals surface area (Å²) in [5.74, 6) is -0.277. The van der Waals surface area contributed by atoms with Crippen molar-refractivity contribution in [3.8, 4) is 0 Å². The minimum absolute atomic E-state index is 0.0533. The van der Waals surface area contributed by atoms with Crippen molar-refractivity contribution in [2.45, 2.75) is 39.7 Å². The van der Waals surface area contributed by atoms with Crippen molar-refractivity contribution >= 4 is 11.6 Å². The zero-order valence-electron chi connectivity index (χ0n) is 11.6. The maximum atomic E-state index is 11.8. The lowest BCUT2D eigenvalue weighted by Gasteiger charge is -2.19. The van der Waals surface area contributed by atoms with Gasteiger partial charge >= 0.3 is 0 Å². The average Bonchev–Trinajstić information content (AvgIpc) is 2.23. The van der Waals surface area contributed by atoms with E-state index in [-0.39, 0.29) is 17.7 Å². The SMILES string of the molecule is C/C=C(\CCC)C(=N)C(=O)N[C@H](C)CN(C)C. The molecule has 0 aromatic rings. The summed E-state index contributed by atoms with van der Waals surface area (Å²) in [6, 6.07) is 0.0533. The zero-order valence-corrected chi connectivity index (χ0v) is 11.6. The minimum atomic E-state index is -0.277. The number of allylic oxidation sites excluding steroid dienone is 1. The fourth-order valence-corrected chi connectivity index (χ4v) is 1.72. The smallest absolute Gasteiger partial charge is 0.269 e. The molecule has 0 radical (unpaired) electrons. The summed E-state index contributed by atoms with van der Waals surface area (Å²) >= 11 is 0. The first-order chi connectivity index (χ1) is 7.92. The normalized spacial score (nSPS) is 13.6. The van der Waals surface area contributed by atoms with Crippen molar-refractivity contribution in [1.29, 1.82) is 5.41 Å². The molecule has 0 aromatic heterocycles. The predicted octanol–water partition coefficient (Wildman–Crippen LogP) is 1.82. The van der Waals surface area contributed by atoms with E-state index < -0.39 is 0 Å². The molecule has 0 saturated carbocycles. The molecular weight excluding hydrogens is 214 g/mol. The first-order valence-electron chi connectivity index (χ1n) is 6.12. The van der Waals surface area contributed by atoms with Crippen molar-refractivity contribution in [3.63, 3.8) is 0 Å². The molecule has 0 aliphatic heterocycles. The van der Waals surface area contributed by atoms with Gasteiger partial charge in [0.1, 0.15) is 5.71 Å². The molecule has 0 spiro atoms. The second kappa shape index (κ2) is 8.01. The topological polar surface area (TPSA) is 56.2 Å². The Morgan fingerprint density at radius 3 is 2.47 bits per heavy atom. The van der Waals surface area contributed by atoms with Crippen molar-refractivity contribution in [1.82, 2.24) is 10.2 Å². The molecule has 1 amide bonds. The Kier molecular flexibility index (Phi) is 7.46. The van der Waals surface area contributed by atoms with E-state index in [2.05, 4.69) is 5.32 Å². The molecule has 0 aliphatic carbocycles. The zero-order chi connectivity index (χ0) is 13.4. The fourth-order valence-electron chi connectivity index (χ4n) is 1.72. The number of nitrogens with one attached hydrogen (secondary N) is 2. The summed E-state index contributed by atoms with van der Waals surface area (Å²) in [6.45, 7) is 6.64. The Morgan fingerprint density at radius 1 is 1.47 bits per heavy atom. The van der Waals surface area contributed by atoms with Crippen LogP contribution in [0.15, 0.2) is 11.6 Å². The molecule has 1 atom stereocenters. The third kappa shape index (κ3) is 6.22. The van der Waals surface area contributed by atoms with Gasteiger partial charge in [-0.05, 0) is 39.9 Å². The number of hydrogen-bond donors (Lipinski definition) is 2. The van der Waals surface area contributed by atoms with E-state index in [0.717, 1.165) is 25.0 Å². The molecule has 0 saturated heterocycles. The van der Waals surface area contributed by atoms with Crippen LogP contribution in [0.25, 0.3) is 0 Å². The average molecular weight is 239 g/mol. The van der Waals surface area contributed by atoms with E-state index in [9.17, 15) is 4.79 Å². The highest BCUT2D eigenvalue weighted by molar-refractivity contribution is 6.44. The number of hydrogen-bond acceptors (Lipinski definition) is 3. The fraction of sp³-hybridized carbons (Fsp3) is 0.692. The molecule has 17 heavy (non-hydrogen) atoms. The molecule has 2 N–H and O–H groups in total. The highest BCUT2D eigenvalue weighted by Gasteiger charge is 2.15. The summed E-state index contributed by atoms with van der Waals surface area (Å²) in [4.78, 5) is 13.8. The third-order valence-corrected chi connectivity index (χ3v) is 2.43. The second-order valence-corrected chi connectivity index (χ2v) is 4.58. The molecular formula is C13H25N3O. The predicted molar refractivity (Wildman–Crippen MR) is 72.6 cm³/mol. The molecule has 98 valence electrons. The van der Waals surface area contributed by atoms with Crippen LogP contribution in [0.1, 0.15) is 33.6 Å². The number of rotatable bonds is 7. The van der Waals surface area contributed by atoms with Crippen LogP contribution in [0, 0.1) is 5.41 Å². The second-order valence-electron chi connectivity index (χ2n) is 4.58. The molecule has 0 rings (SSSR count). The lowest BCUT2D eigenvalue weighted by atomic mass is 10.0. The van der Waals surface area contributed by atoms with E-state index in [1.807, 2.05) is 45.8 Å². The van der Waals surface area contributed by atoms with Crippen LogP contribution < -0.4 is 5.32 Å². The largest absolute Gasteiger partial charge is 0.347 e. The first kappa shape index (κ1) is 15.8. The molecule has 0 fully saturated rings. The van der Waals surface area contributed by atoms with Crippen LogP contribution in [-0.2, 0) is 4.79 Å². The van der Waals surface area contributed by atoms with Gasteiger partial charge in [-0.3, -0.25) is 10.2 Å². The van der Waals surface area contributed by atoms with Gasteiger partial charge in [0.05, 0.1) is 0 Å². The summed E-state index contributed by atoms with van der Waals surface area (Å²) in [5, 5.41) is 10.7. The van der Waals surface area contributed by atoms with Crippen LogP contribution in [0.2, 0.25) is 0 Å². The number of carbonyl (C=O) groups is 1. The molecule has 0 unspecified atom stereocenters. The summed E-state index contributed by atoms with van der Waals surface area (Å²) in [6.07, 6.45) is 3.58. The third-order valence-electron chi connectivity index (χ3n) is 2.43. The number of likely N-dealkylation sites (N-methyl/N-ethyl adjacent to an activating group) is 1. The van der Waals surface area contributed by atoms with E-state index in [0.29, 0.717) is 0 Å². The first-order valence-corrected chi connectivity index (χ1v) is 6.12. The van der Waals surface area contributed by atoms with Gasteiger partial charge < -0.3 is 10.2 Å². The van der Waals surface area contributed by atoms with Crippen molar-refractivity contribution in [2.24, 2.45) is 0 Å². The quantitative estimate of drug-likeness (QED) is 0.666. The monoisotopic (exact) mass is 239 g/mol. The van der Waals surface area contributed by atoms with Gasteiger partial charge in [-0.25, -0.2) is 0 Å². The molecule has 0 aliphatic rings. The van der Waals surface area contributed by atoms with E-state index in [4.69, 9.17) is 5.41 Å². The van der Waals surface area contributed by atoms with Gasteiger partial charge in [-0.2, -0.15) is 0 Å². The Bertz CT molecular complexity index is 295. The van der Waals surface area contributed by atoms with Crippen LogP contribution in [0.5, 0.6) is 0 Å². The van der Waals surface area contributed by atoms with Gasteiger partial charge in [0, 0.05) is 12.6 Å². The van der Waals surface area contributed by atoms with E-state index in [1.54, 1.807) is 0 Å². The minimum Gasteiger partial charge on any atom is -0.347 e. The van der Waals surface area contributed by atoms with Crippen molar-refractivity contribution in [2.75, 3.05) is 20.6 Å². The van der Waals surface area contributed by atoms with Crippen LogP contribution in [0.3, 0.4) is 0 Å². The number of carbonyl (C=O) groups excluding carboxylic acids is 1. The lowest BCUT2D eigenvalue weighted by Crippen LogP contribution is -2.42. The van der Waals surface area contributed by atoms with Gasteiger partial charge in [-0.15, -0.1) is 0 Å². The number of amides is 1. The lowest BCUT2D eigenvalue weighted by molar-refractivity contribution is -0.115. The summed E-state index contributed by atoms with van der Waals surface area (Å²) < 4.78 is 0. The van der Waals surface area contributed by atoms with E-state index in [1.165, 1.54) is 0 Å². The summed E-state index contributed by atoms with van der Waals surface area (Å²) in [5.41, 5.74) is 0.919. The van der Waals surface area contributed by atoms with Crippen molar-refractivity contribution < 1.29 is 4.79 Å². The van der Waals surface area contributed by atoms with Crippen LogP contribution >= 0.6 is 0 Å². The Balaban J connectivity index is 4.36. The van der Waals surface area contributed by atoms with Crippen LogP contribution in [-0.4, -0.2) is 43.2 Å². The maximum Gasteiger partial charge on any atom is 0.269 e. The molecule has 0 bridgehead atoms. The van der Waals surface area contributed by atoms with Gasteiger partial charge in [0.2, 0.25) is 0 Å². The Labute approximate surface area is 105 Å². The van der Waals surface area contributed by atoms with Crippen LogP contribution in [0.4, 0.5) is 0 Å². The highest BCUT2D eigenvalue weighted by Crippen LogP contribution is 2.06. The maximum absolute atomic E-state index is 11.8. The molecule has 0 heterocycles. The molecule has 4 nitrogen and oxygen atoms in total. The highest BCUT2D eigenvalue weighted by atomic mass is 16.1. The Hall–Kier alpha value is -1.16. The van der Waals surface area contributed by atoms with Gasteiger partial charge in [0.15, 0.2) is 0 Å². The van der Waals surface area contributed by atoms with Gasteiger partial charge in [-0.1, -0.05) is 19.4 Å². The van der Waals surface area contributed by atoms with E-state index >= 15 is 0 Å². The summed E-state index contributed by atoms with van der Waals surface area (Å²) in [7, 11) is 3.92. The number of nitrogens with zero attached hydrogens (tertiary/aromatic N) is 1. The standard InChI is InChI=1S/C13H25N3O/c1-6-8-11(7-2)12(14)13(17)15-10(3)9-16(4)5/h7,10,14H,6,8-9H2,1-5H3,(H,15,17)/b11-7+,14-12?/t10-/m1/s1. The van der Waals surface area contributed by atoms with Gasteiger partial charge in [0.25, 0.3) is 5.91 Å². The Morgan fingerprint density at radius 2 is 2.06 bits per heavy atom. The van der Waals surface area contributed by atoms with Crippen molar-refractivity contribution in [3.05, 3.63) is 11.6 Å².